The molecule has 1 aliphatic heterocycles. The standard InChI is InChI=1S/C22H26FNO2/c1-16(15-26-2)17-11-13-24(14-12-17)22(25)20-5-3-18(4-6-20)19-7-9-21(23)10-8-19/h3-10,16-17H,11-15H2,1-2H3. The van der Waals surface area contributed by atoms with Gasteiger partial charge in [0.05, 0.1) is 0 Å². The van der Waals surface area contributed by atoms with E-state index in [9.17, 15) is 9.18 Å². The lowest BCUT2D eigenvalue weighted by Gasteiger charge is -2.34. The zero-order valence-corrected chi connectivity index (χ0v) is 15.5. The lowest BCUT2D eigenvalue weighted by molar-refractivity contribution is 0.0598. The number of halogens is 1. The van der Waals surface area contributed by atoms with E-state index in [0.29, 0.717) is 17.4 Å². The number of amides is 1. The summed E-state index contributed by atoms with van der Waals surface area (Å²) in [6, 6.07) is 14.0. The van der Waals surface area contributed by atoms with E-state index >= 15 is 0 Å². The molecular weight excluding hydrogens is 329 g/mol. The highest BCUT2D eigenvalue weighted by atomic mass is 19.1. The molecule has 1 heterocycles. The van der Waals surface area contributed by atoms with Crippen LogP contribution in [0.5, 0.6) is 0 Å². The number of carbonyl (C=O) groups excluding carboxylic acids is 1. The Kier molecular flexibility index (Phi) is 6.04. The Hall–Kier alpha value is -2.20. The Morgan fingerprint density at radius 3 is 2.15 bits per heavy atom. The average molecular weight is 355 g/mol. The summed E-state index contributed by atoms with van der Waals surface area (Å²) in [6.07, 6.45) is 2.06. The summed E-state index contributed by atoms with van der Waals surface area (Å²) in [5.41, 5.74) is 2.63. The first-order valence-corrected chi connectivity index (χ1v) is 9.22. The molecule has 0 radical (unpaired) electrons. The number of benzene rings is 2. The Balaban J connectivity index is 1.61. The van der Waals surface area contributed by atoms with Crippen LogP contribution in [0.3, 0.4) is 0 Å². The van der Waals surface area contributed by atoms with Crippen molar-refractivity contribution < 1.29 is 13.9 Å². The molecule has 3 rings (SSSR count). The summed E-state index contributed by atoms with van der Waals surface area (Å²) >= 11 is 0. The van der Waals surface area contributed by atoms with Crippen molar-refractivity contribution >= 4 is 5.91 Å². The number of hydrogen-bond acceptors (Lipinski definition) is 2. The Morgan fingerprint density at radius 2 is 1.62 bits per heavy atom. The van der Waals surface area contributed by atoms with Crippen molar-refractivity contribution in [2.45, 2.75) is 19.8 Å². The van der Waals surface area contributed by atoms with Gasteiger partial charge in [-0.1, -0.05) is 31.2 Å². The van der Waals surface area contributed by atoms with Gasteiger partial charge in [0.25, 0.3) is 5.91 Å². The lowest BCUT2D eigenvalue weighted by atomic mass is 9.86. The van der Waals surface area contributed by atoms with Crippen LogP contribution in [0.25, 0.3) is 11.1 Å². The van der Waals surface area contributed by atoms with E-state index in [1.807, 2.05) is 29.2 Å². The van der Waals surface area contributed by atoms with Crippen LogP contribution in [0.15, 0.2) is 48.5 Å². The highest BCUT2D eigenvalue weighted by Gasteiger charge is 2.26. The SMILES string of the molecule is COCC(C)C1CCN(C(=O)c2ccc(-c3ccc(F)cc3)cc2)CC1. The number of carbonyl (C=O) groups is 1. The molecular formula is C22H26FNO2. The smallest absolute Gasteiger partial charge is 0.253 e. The van der Waals surface area contributed by atoms with Crippen LogP contribution in [0.4, 0.5) is 4.39 Å². The van der Waals surface area contributed by atoms with Gasteiger partial charge in [-0.15, -0.1) is 0 Å². The van der Waals surface area contributed by atoms with Crippen LogP contribution >= 0.6 is 0 Å². The van der Waals surface area contributed by atoms with Crippen molar-refractivity contribution in [3.8, 4) is 11.1 Å². The number of rotatable bonds is 5. The van der Waals surface area contributed by atoms with Crippen LogP contribution < -0.4 is 0 Å². The molecule has 138 valence electrons. The van der Waals surface area contributed by atoms with E-state index in [4.69, 9.17) is 4.74 Å². The molecule has 1 amide bonds. The molecule has 1 fully saturated rings. The summed E-state index contributed by atoms with van der Waals surface area (Å²) in [4.78, 5) is 14.7. The average Bonchev–Trinajstić information content (AvgIpc) is 2.68. The largest absolute Gasteiger partial charge is 0.384 e. The minimum atomic E-state index is -0.247. The minimum absolute atomic E-state index is 0.0912. The molecule has 3 nitrogen and oxygen atoms in total. The summed E-state index contributed by atoms with van der Waals surface area (Å²) in [5.74, 6) is 1.00. The van der Waals surface area contributed by atoms with Crippen molar-refractivity contribution in [2.24, 2.45) is 11.8 Å². The first kappa shape index (κ1) is 18.6. The van der Waals surface area contributed by atoms with Gasteiger partial charge in [0.15, 0.2) is 0 Å². The molecule has 2 aromatic carbocycles. The van der Waals surface area contributed by atoms with Crippen molar-refractivity contribution in [2.75, 3.05) is 26.8 Å². The van der Waals surface area contributed by atoms with Crippen LogP contribution in [-0.2, 0) is 4.74 Å². The second kappa shape index (κ2) is 8.45. The quantitative estimate of drug-likeness (QED) is 0.783. The maximum Gasteiger partial charge on any atom is 0.253 e. The number of nitrogens with zero attached hydrogens (tertiary/aromatic N) is 1. The van der Waals surface area contributed by atoms with E-state index in [2.05, 4.69) is 6.92 Å². The zero-order valence-electron chi connectivity index (χ0n) is 15.5. The Labute approximate surface area is 154 Å². The van der Waals surface area contributed by atoms with Crippen molar-refractivity contribution in [1.82, 2.24) is 4.90 Å². The van der Waals surface area contributed by atoms with Gasteiger partial charge in [0, 0.05) is 32.4 Å². The number of piperidine rings is 1. The number of ether oxygens (including phenoxy) is 1. The monoisotopic (exact) mass is 355 g/mol. The van der Waals surface area contributed by atoms with Crippen LogP contribution in [0.1, 0.15) is 30.1 Å². The predicted octanol–water partition coefficient (Wildman–Crippen LogP) is 4.63. The minimum Gasteiger partial charge on any atom is -0.384 e. The summed E-state index contributed by atoms with van der Waals surface area (Å²) in [6.45, 7) is 4.61. The fraction of sp³-hybridized carbons (Fsp3) is 0.409. The van der Waals surface area contributed by atoms with Gasteiger partial charge in [-0.05, 0) is 60.1 Å². The first-order valence-electron chi connectivity index (χ1n) is 9.22. The molecule has 0 N–H and O–H groups in total. The molecule has 0 aromatic heterocycles. The van der Waals surface area contributed by atoms with E-state index in [1.54, 1.807) is 19.2 Å². The molecule has 2 aromatic rings. The van der Waals surface area contributed by atoms with Crippen molar-refractivity contribution in [3.63, 3.8) is 0 Å². The molecule has 0 spiro atoms. The normalized spacial score (nSPS) is 16.5. The van der Waals surface area contributed by atoms with Gasteiger partial charge in [0.2, 0.25) is 0 Å². The van der Waals surface area contributed by atoms with Gasteiger partial charge in [-0.2, -0.15) is 0 Å². The third kappa shape index (κ3) is 4.31. The van der Waals surface area contributed by atoms with Gasteiger partial charge in [0.1, 0.15) is 5.82 Å². The van der Waals surface area contributed by atoms with E-state index in [-0.39, 0.29) is 11.7 Å². The van der Waals surface area contributed by atoms with Gasteiger partial charge in [-0.25, -0.2) is 4.39 Å². The summed E-state index contributed by atoms with van der Waals surface area (Å²) < 4.78 is 18.3. The fourth-order valence-electron chi connectivity index (χ4n) is 3.70. The molecule has 0 saturated carbocycles. The van der Waals surface area contributed by atoms with E-state index < -0.39 is 0 Å². The highest BCUT2D eigenvalue weighted by Crippen LogP contribution is 2.26. The molecule has 1 saturated heterocycles. The predicted molar refractivity (Wildman–Crippen MR) is 102 cm³/mol. The highest BCUT2D eigenvalue weighted by molar-refractivity contribution is 5.94. The van der Waals surface area contributed by atoms with Crippen LogP contribution in [0.2, 0.25) is 0 Å². The van der Waals surface area contributed by atoms with E-state index in [0.717, 1.165) is 43.7 Å². The molecule has 0 bridgehead atoms. The zero-order chi connectivity index (χ0) is 18.5. The topological polar surface area (TPSA) is 29.5 Å². The number of likely N-dealkylation sites (tertiary alicyclic amines) is 1. The molecule has 1 unspecified atom stereocenters. The van der Waals surface area contributed by atoms with Crippen molar-refractivity contribution in [1.29, 1.82) is 0 Å². The lowest BCUT2D eigenvalue weighted by Crippen LogP contribution is -2.40. The molecule has 4 heteroatoms. The second-order valence-electron chi connectivity index (χ2n) is 7.15. The molecule has 0 aliphatic carbocycles. The number of methoxy groups -OCH3 is 1. The molecule has 1 atom stereocenters. The summed E-state index contributed by atoms with van der Waals surface area (Å²) in [7, 11) is 1.74. The van der Waals surface area contributed by atoms with Gasteiger partial charge in [-0.3, -0.25) is 4.79 Å². The number of hydrogen-bond donors (Lipinski definition) is 0. The Morgan fingerprint density at radius 1 is 1.08 bits per heavy atom. The maximum atomic E-state index is 13.0. The van der Waals surface area contributed by atoms with Gasteiger partial charge >= 0.3 is 0 Å². The maximum absolute atomic E-state index is 13.0. The van der Waals surface area contributed by atoms with Crippen molar-refractivity contribution in [3.05, 3.63) is 59.9 Å². The third-order valence-corrected chi connectivity index (χ3v) is 5.37. The summed E-state index contributed by atoms with van der Waals surface area (Å²) in [5, 5.41) is 0. The fourth-order valence-corrected chi connectivity index (χ4v) is 3.70. The Bertz CT molecular complexity index is 719. The second-order valence-corrected chi connectivity index (χ2v) is 7.15. The van der Waals surface area contributed by atoms with E-state index in [1.165, 1.54) is 12.1 Å². The van der Waals surface area contributed by atoms with Gasteiger partial charge < -0.3 is 9.64 Å². The third-order valence-electron chi connectivity index (χ3n) is 5.37. The molecule has 26 heavy (non-hydrogen) atoms. The van der Waals surface area contributed by atoms with Crippen LogP contribution in [-0.4, -0.2) is 37.6 Å². The molecule has 1 aliphatic rings. The van der Waals surface area contributed by atoms with Crippen LogP contribution in [0, 0.1) is 17.7 Å². The first-order chi connectivity index (χ1) is 12.6.